The Hall–Kier alpha value is -1.48. The van der Waals surface area contributed by atoms with Gasteiger partial charge in [0, 0.05) is 0 Å². The van der Waals surface area contributed by atoms with Crippen LogP contribution in [0.2, 0.25) is 5.02 Å². The molecule has 1 aromatic heterocycles. The van der Waals surface area contributed by atoms with Crippen LogP contribution in [0.4, 0.5) is 0 Å². The number of rotatable bonds is 0. The number of fused-ring (bicyclic) bond motifs is 1. The quantitative estimate of drug-likeness (QED) is 0.680. The number of benzene rings is 1. The van der Waals surface area contributed by atoms with Crippen molar-refractivity contribution in [1.82, 2.24) is 0 Å². The summed E-state index contributed by atoms with van der Waals surface area (Å²) in [5.74, 6) is -0.101. The molecule has 0 spiro atoms. The van der Waals surface area contributed by atoms with Crippen molar-refractivity contribution in [3.05, 3.63) is 39.2 Å². The molecule has 3 nitrogen and oxygen atoms in total. The van der Waals surface area contributed by atoms with Crippen molar-refractivity contribution in [3.8, 4) is 5.75 Å². The zero-order valence-electron chi connectivity index (χ0n) is 7.37. The Morgan fingerprint density at radius 3 is 2.86 bits per heavy atom. The summed E-state index contributed by atoms with van der Waals surface area (Å²) in [4.78, 5) is 11.0. The molecule has 0 bridgehead atoms. The fraction of sp³-hybridized carbons (Fsp3) is 0.100. The number of aromatic hydroxyl groups is 1. The van der Waals surface area contributed by atoms with E-state index in [1.807, 2.05) is 0 Å². The number of hydrogen-bond donors (Lipinski definition) is 1. The maximum atomic E-state index is 11.0. The third-order valence-electron chi connectivity index (χ3n) is 2.03. The largest absolute Gasteiger partial charge is 0.507 e. The van der Waals surface area contributed by atoms with Crippen molar-refractivity contribution >= 4 is 22.6 Å². The summed E-state index contributed by atoms with van der Waals surface area (Å²) >= 11 is 5.83. The second-order valence-electron chi connectivity index (χ2n) is 3.02. The molecule has 4 heteroatoms. The van der Waals surface area contributed by atoms with Crippen LogP contribution in [0.1, 0.15) is 5.56 Å². The van der Waals surface area contributed by atoms with Crippen LogP contribution >= 0.6 is 11.6 Å². The minimum absolute atomic E-state index is 0.101. The Morgan fingerprint density at radius 1 is 1.43 bits per heavy atom. The Kier molecular flexibility index (Phi) is 1.97. The summed E-state index contributed by atoms with van der Waals surface area (Å²) in [6, 6.07) is 4.41. The minimum Gasteiger partial charge on any atom is -0.507 e. The SMILES string of the molecule is Cc1ccc(Cl)c2oc(=O)cc(O)c12. The van der Waals surface area contributed by atoms with Gasteiger partial charge in [-0.15, -0.1) is 0 Å². The van der Waals surface area contributed by atoms with Gasteiger partial charge in [-0.3, -0.25) is 0 Å². The van der Waals surface area contributed by atoms with Gasteiger partial charge in [-0.1, -0.05) is 17.7 Å². The highest BCUT2D eigenvalue weighted by atomic mass is 35.5. The first-order valence-corrected chi connectivity index (χ1v) is 4.39. The Morgan fingerprint density at radius 2 is 2.14 bits per heavy atom. The van der Waals surface area contributed by atoms with E-state index in [0.29, 0.717) is 10.4 Å². The molecule has 72 valence electrons. The smallest absolute Gasteiger partial charge is 0.339 e. The maximum Gasteiger partial charge on any atom is 0.339 e. The van der Waals surface area contributed by atoms with Gasteiger partial charge in [0.1, 0.15) is 5.75 Å². The number of aryl methyl sites for hydroxylation is 1. The minimum atomic E-state index is -0.609. The molecule has 1 N–H and O–H groups in total. The number of hydrogen-bond acceptors (Lipinski definition) is 3. The van der Waals surface area contributed by atoms with E-state index in [1.54, 1.807) is 19.1 Å². The highest BCUT2D eigenvalue weighted by molar-refractivity contribution is 6.35. The van der Waals surface area contributed by atoms with Crippen LogP contribution in [-0.2, 0) is 0 Å². The molecule has 0 aliphatic heterocycles. The molecule has 0 saturated heterocycles. The van der Waals surface area contributed by atoms with Crippen molar-refractivity contribution < 1.29 is 9.52 Å². The maximum absolute atomic E-state index is 11.0. The van der Waals surface area contributed by atoms with Crippen molar-refractivity contribution in [3.63, 3.8) is 0 Å². The topological polar surface area (TPSA) is 50.4 Å². The molecule has 1 aromatic carbocycles. The summed E-state index contributed by atoms with van der Waals surface area (Å²) in [6.45, 7) is 1.80. The first kappa shape index (κ1) is 9.09. The van der Waals surface area contributed by atoms with E-state index in [-0.39, 0.29) is 11.3 Å². The zero-order valence-corrected chi connectivity index (χ0v) is 8.13. The lowest BCUT2D eigenvalue weighted by Gasteiger charge is -2.03. The van der Waals surface area contributed by atoms with Crippen LogP contribution in [-0.4, -0.2) is 5.11 Å². The van der Waals surface area contributed by atoms with Gasteiger partial charge < -0.3 is 9.52 Å². The highest BCUT2D eigenvalue weighted by Gasteiger charge is 2.09. The van der Waals surface area contributed by atoms with E-state index >= 15 is 0 Å². The van der Waals surface area contributed by atoms with Gasteiger partial charge in [-0.25, -0.2) is 4.79 Å². The molecule has 0 aliphatic rings. The third-order valence-corrected chi connectivity index (χ3v) is 2.33. The monoisotopic (exact) mass is 210 g/mol. The van der Waals surface area contributed by atoms with Crippen molar-refractivity contribution in [2.45, 2.75) is 6.92 Å². The molecule has 0 saturated carbocycles. The standard InChI is InChI=1S/C10H7ClO3/c1-5-2-3-6(11)10-9(5)7(12)4-8(13)14-10/h2-4,12H,1H3. The Balaban J connectivity index is 3.07. The molecule has 14 heavy (non-hydrogen) atoms. The lowest BCUT2D eigenvalue weighted by molar-refractivity contribution is 0.467. The molecule has 1 heterocycles. The molecule has 2 rings (SSSR count). The van der Waals surface area contributed by atoms with Crippen molar-refractivity contribution in [2.75, 3.05) is 0 Å². The van der Waals surface area contributed by atoms with Gasteiger partial charge in [-0.05, 0) is 18.6 Å². The fourth-order valence-corrected chi connectivity index (χ4v) is 1.58. The van der Waals surface area contributed by atoms with E-state index in [0.717, 1.165) is 11.6 Å². The lowest BCUT2D eigenvalue weighted by Crippen LogP contribution is -1.96. The normalized spacial score (nSPS) is 10.7. The molecule has 0 unspecified atom stereocenters. The molecular weight excluding hydrogens is 204 g/mol. The van der Waals surface area contributed by atoms with Gasteiger partial charge in [0.2, 0.25) is 0 Å². The molecule has 0 aliphatic carbocycles. The fourth-order valence-electron chi connectivity index (χ4n) is 1.39. The van der Waals surface area contributed by atoms with E-state index < -0.39 is 5.63 Å². The van der Waals surface area contributed by atoms with E-state index in [9.17, 15) is 9.90 Å². The van der Waals surface area contributed by atoms with Gasteiger partial charge >= 0.3 is 5.63 Å². The first-order chi connectivity index (χ1) is 6.59. The lowest BCUT2D eigenvalue weighted by atomic mass is 10.1. The van der Waals surface area contributed by atoms with E-state index in [2.05, 4.69) is 0 Å². The zero-order chi connectivity index (χ0) is 10.3. The van der Waals surface area contributed by atoms with Gasteiger partial charge in [0.25, 0.3) is 0 Å². The van der Waals surface area contributed by atoms with Crippen LogP contribution in [0.25, 0.3) is 11.0 Å². The highest BCUT2D eigenvalue weighted by Crippen LogP contribution is 2.30. The number of halogens is 1. The summed E-state index contributed by atoms with van der Waals surface area (Å²) in [6.07, 6.45) is 0. The molecule has 0 atom stereocenters. The summed E-state index contributed by atoms with van der Waals surface area (Å²) < 4.78 is 4.91. The second kappa shape index (κ2) is 3.03. The molecular formula is C10H7ClO3. The molecule has 0 radical (unpaired) electrons. The average Bonchev–Trinajstić information content (AvgIpc) is 2.10. The van der Waals surface area contributed by atoms with Crippen LogP contribution in [0, 0.1) is 6.92 Å². The van der Waals surface area contributed by atoms with E-state index in [4.69, 9.17) is 16.0 Å². The predicted octanol–water partition coefficient (Wildman–Crippen LogP) is 2.46. The molecule has 0 amide bonds. The van der Waals surface area contributed by atoms with Gasteiger partial charge in [0.05, 0.1) is 16.5 Å². The van der Waals surface area contributed by atoms with Gasteiger partial charge in [0.15, 0.2) is 5.58 Å². The third kappa shape index (κ3) is 1.26. The Labute approximate surface area is 84.5 Å². The van der Waals surface area contributed by atoms with Crippen molar-refractivity contribution in [1.29, 1.82) is 0 Å². The molecule has 0 fully saturated rings. The van der Waals surface area contributed by atoms with E-state index in [1.165, 1.54) is 0 Å². The summed E-state index contributed by atoms with van der Waals surface area (Å²) in [5, 5.41) is 10.3. The summed E-state index contributed by atoms with van der Waals surface area (Å²) in [7, 11) is 0. The van der Waals surface area contributed by atoms with Gasteiger partial charge in [-0.2, -0.15) is 0 Å². The van der Waals surface area contributed by atoms with Crippen LogP contribution < -0.4 is 5.63 Å². The second-order valence-corrected chi connectivity index (χ2v) is 3.43. The van der Waals surface area contributed by atoms with Crippen molar-refractivity contribution in [2.24, 2.45) is 0 Å². The predicted molar refractivity (Wildman–Crippen MR) is 53.9 cm³/mol. The van der Waals surface area contributed by atoms with Crippen LogP contribution in [0.3, 0.4) is 0 Å². The Bertz CT molecular complexity index is 557. The summed E-state index contributed by atoms with van der Waals surface area (Å²) in [5.41, 5.74) is 0.435. The average molecular weight is 211 g/mol. The van der Waals surface area contributed by atoms with Crippen LogP contribution in [0.15, 0.2) is 27.4 Å². The van der Waals surface area contributed by atoms with Crippen LogP contribution in [0.5, 0.6) is 5.75 Å². The first-order valence-electron chi connectivity index (χ1n) is 4.01. The molecule has 2 aromatic rings.